The Labute approximate surface area is 236 Å². The number of likely N-dealkylation sites (N-methyl/N-ethyl adjacent to an activating group) is 2. The van der Waals surface area contributed by atoms with E-state index in [-0.39, 0.29) is 5.92 Å². The number of fused-ring (bicyclic) bond motifs is 1. The highest BCUT2D eigenvalue weighted by Crippen LogP contribution is 2.38. The second-order valence-electron chi connectivity index (χ2n) is 10.7. The molecule has 0 radical (unpaired) electrons. The summed E-state index contributed by atoms with van der Waals surface area (Å²) in [6.45, 7) is 6.18. The number of nitrogens with zero attached hydrogens (tertiary/aromatic N) is 5. The molecule has 0 aliphatic rings. The van der Waals surface area contributed by atoms with Crippen molar-refractivity contribution in [3.05, 3.63) is 54.4 Å². The van der Waals surface area contributed by atoms with Gasteiger partial charge in [0.15, 0.2) is 6.29 Å². The monoisotopic (exact) mass is 547 g/mol. The maximum atomic E-state index is 11.0. The number of aliphatic hydroxyl groups is 1. The number of nitrogen functional groups attached to an aromatic ring is 1. The van der Waals surface area contributed by atoms with Crippen LogP contribution in [0.1, 0.15) is 25.7 Å². The normalized spacial score (nSPS) is 12.3. The highest BCUT2D eigenvalue weighted by molar-refractivity contribution is 5.96. The molecule has 40 heavy (non-hydrogen) atoms. The van der Waals surface area contributed by atoms with E-state index in [1.165, 1.54) is 0 Å². The quantitative estimate of drug-likeness (QED) is 0.173. The molecule has 4 aromatic rings. The maximum Gasteiger partial charge on any atom is 0.227 e. The zero-order valence-electron chi connectivity index (χ0n) is 24.5. The highest BCUT2D eigenvalue weighted by atomic mass is 16.6. The first-order chi connectivity index (χ1) is 19.1. The summed E-state index contributed by atoms with van der Waals surface area (Å²) >= 11 is 0. The molecule has 0 saturated heterocycles. The van der Waals surface area contributed by atoms with Crippen LogP contribution in [0.15, 0.2) is 48.8 Å². The Balaban J connectivity index is 1.74. The number of benzene rings is 2. The van der Waals surface area contributed by atoms with Crippen LogP contribution < -0.4 is 20.7 Å². The smallest absolute Gasteiger partial charge is 0.227 e. The molecule has 1 atom stereocenters. The Morgan fingerprint density at radius 2 is 1.88 bits per heavy atom. The zero-order chi connectivity index (χ0) is 29.0. The van der Waals surface area contributed by atoms with E-state index >= 15 is 0 Å². The van der Waals surface area contributed by atoms with E-state index < -0.39 is 6.29 Å². The van der Waals surface area contributed by atoms with E-state index in [9.17, 15) is 5.11 Å². The summed E-state index contributed by atoms with van der Waals surface area (Å²) in [4.78, 5) is 13.6. The number of nitrogens with two attached hydrogens (primary N) is 1. The molecule has 10 nitrogen and oxygen atoms in total. The van der Waals surface area contributed by atoms with Gasteiger partial charge in [0.2, 0.25) is 5.95 Å². The molecule has 0 amide bonds. The zero-order valence-corrected chi connectivity index (χ0v) is 24.5. The van der Waals surface area contributed by atoms with E-state index in [0.717, 1.165) is 35.2 Å². The maximum absolute atomic E-state index is 11.0. The van der Waals surface area contributed by atoms with Crippen LogP contribution in [0.2, 0.25) is 0 Å². The predicted octanol–water partition coefficient (Wildman–Crippen LogP) is 4.63. The summed E-state index contributed by atoms with van der Waals surface area (Å²) in [5.41, 5.74) is 11.6. The second-order valence-corrected chi connectivity index (χ2v) is 10.7. The molecule has 214 valence electrons. The van der Waals surface area contributed by atoms with Crippen molar-refractivity contribution < 1.29 is 14.6 Å². The van der Waals surface area contributed by atoms with Crippen LogP contribution >= 0.6 is 0 Å². The largest absolute Gasteiger partial charge is 0.494 e. The molecule has 2 aromatic heterocycles. The van der Waals surface area contributed by atoms with Gasteiger partial charge >= 0.3 is 0 Å². The molecule has 0 saturated carbocycles. The van der Waals surface area contributed by atoms with E-state index in [0.29, 0.717) is 40.9 Å². The minimum absolute atomic E-state index is 0.264. The fourth-order valence-electron chi connectivity index (χ4n) is 4.53. The number of anilines is 4. The summed E-state index contributed by atoms with van der Waals surface area (Å²) in [6.07, 6.45) is 2.44. The summed E-state index contributed by atoms with van der Waals surface area (Å²) in [7, 11) is 9.69. The lowest BCUT2D eigenvalue weighted by Gasteiger charge is -2.24. The SMILES string of the molecule is COc1cc(N(C)CCN(C)C)c(N)cc1Nc1ncc(C(O)OCC(C)C)c(-c2cn(C)c3ccccc23)n1. The van der Waals surface area contributed by atoms with E-state index in [1.54, 1.807) is 13.3 Å². The molecule has 4 rings (SSSR count). The molecule has 0 aliphatic heterocycles. The number of aliphatic hydroxyl groups excluding tert-OH is 1. The van der Waals surface area contributed by atoms with Gasteiger partial charge in [-0.2, -0.15) is 0 Å². The molecule has 0 spiro atoms. The summed E-state index contributed by atoms with van der Waals surface area (Å²) in [6, 6.07) is 11.8. The van der Waals surface area contributed by atoms with Crippen LogP contribution in [0.3, 0.4) is 0 Å². The Kier molecular flexibility index (Phi) is 9.14. The number of hydrogen-bond donors (Lipinski definition) is 3. The van der Waals surface area contributed by atoms with Gasteiger partial charge in [-0.05, 0) is 32.1 Å². The van der Waals surface area contributed by atoms with Crippen molar-refractivity contribution in [2.24, 2.45) is 13.0 Å². The molecule has 10 heteroatoms. The van der Waals surface area contributed by atoms with E-state index in [2.05, 4.69) is 26.2 Å². The first-order valence-corrected chi connectivity index (χ1v) is 13.4. The first-order valence-electron chi connectivity index (χ1n) is 13.4. The Morgan fingerprint density at radius 3 is 2.58 bits per heavy atom. The molecule has 1 unspecified atom stereocenters. The van der Waals surface area contributed by atoms with E-state index in [4.69, 9.17) is 20.2 Å². The first kappa shape index (κ1) is 29.1. The van der Waals surface area contributed by atoms with Crippen LogP contribution in [-0.4, -0.2) is 72.5 Å². The van der Waals surface area contributed by atoms with Crippen LogP contribution in [0, 0.1) is 5.92 Å². The number of ether oxygens (including phenoxy) is 2. The van der Waals surface area contributed by atoms with Gasteiger partial charge in [0.05, 0.1) is 42.0 Å². The third kappa shape index (κ3) is 6.47. The van der Waals surface area contributed by atoms with Crippen LogP contribution in [0.4, 0.5) is 23.0 Å². The minimum Gasteiger partial charge on any atom is -0.494 e. The summed E-state index contributed by atoms with van der Waals surface area (Å²) in [5.74, 6) is 1.22. The van der Waals surface area contributed by atoms with Crippen LogP contribution in [0.5, 0.6) is 5.75 Å². The van der Waals surface area contributed by atoms with Gasteiger partial charge in [-0.15, -0.1) is 0 Å². The van der Waals surface area contributed by atoms with Crippen molar-refractivity contribution in [1.82, 2.24) is 19.4 Å². The number of methoxy groups -OCH3 is 1. The molecular formula is C30H41N7O3. The van der Waals surface area contributed by atoms with Crippen molar-refractivity contribution in [2.75, 3.05) is 63.9 Å². The molecule has 4 N–H and O–H groups in total. The van der Waals surface area contributed by atoms with Gasteiger partial charge in [-0.25, -0.2) is 9.97 Å². The van der Waals surface area contributed by atoms with Gasteiger partial charge in [0.1, 0.15) is 5.75 Å². The lowest BCUT2D eigenvalue weighted by molar-refractivity contribution is -0.110. The van der Waals surface area contributed by atoms with Crippen molar-refractivity contribution in [1.29, 1.82) is 0 Å². The summed E-state index contributed by atoms with van der Waals surface area (Å²) in [5, 5.41) is 15.3. The van der Waals surface area contributed by atoms with Crippen molar-refractivity contribution >= 4 is 33.9 Å². The molecule has 0 aliphatic carbocycles. The number of hydrogen-bond acceptors (Lipinski definition) is 9. The predicted molar refractivity (Wildman–Crippen MR) is 162 cm³/mol. The average Bonchev–Trinajstić information content (AvgIpc) is 3.26. The number of para-hydroxylation sites is 1. The Morgan fingerprint density at radius 1 is 1.12 bits per heavy atom. The van der Waals surface area contributed by atoms with Crippen molar-refractivity contribution in [3.8, 4) is 17.0 Å². The fraction of sp³-hybridized carbons (Fsp3) is 0.400. The third-order valence-corrected chi connectivity index (χ3v) is 6.71. The summed E-state index contributed by atoms with van der Waals surface area (Å²) < 4.78 is 13.5. The molecule has 0 fully saturated rings. The van der Waals surface area contributed by atoms with Crippen LogP contribution in [0.25, 0.3) is 22.2 Å². The van der Waals surface area contributed by atoms with Crippen LogP contribution in [-0.2, 0) is 11.8 Å². The number of aryl methyl sites for hydroxylation is 1. The number of nitrogens with one attached hydrogen (secondary N) is 1. The number of aromatic nitrogens is 3. The lowest BCUT2D eigenvalue weighted by atomic mass is 10.1. The standard InChI is InChI=1S/C30H41N7O3/c1-19(2)18-40-29(38)21-16-32-30(34-28(21)22-17-37(6)25-11-9-8-10-20(22)25)33-24-14-23(31)26(15-27(24)39-7)36(5)13-12-35(3)4/h8-11,14-17,19,29,38H,12-13,18,31H2,1-7H3,(H,32,33,34). The average molecular weight is 548 g/mol. The van der Waals surface area contributed by atoms with E-state index in [1.807, 2.05) is 83.1 Å². The van der Waals surface area contributed by atoms with Gasteiger partial charge in [0.25, 0.3) is 0 Å². The fourth-order valence-corrected chi connectivity index (χ4v) is 4.53. The lowest BCUT2D eigenvalue weighted by Crippen LogP contribution is -2.29. The molecular weight excluding hydrogens is 506 g/mol. The molecule has 2 heterocycles. The third-order valence-electron chi connectivity index (χ3n) is 6.71. The highest BCUT2D eigenvalue weighted by Gasteiger charge is 2.22. The number of rotatable bonds is 12. The van der Waals surface area contributed by atoms with Gasteiger partial charge in [-0.3, -0.25) is 0 Å². The Hall–Kier alpha value is -3.86. The topological polar surface area (TPSA) is 114 Å². The molecule has 0 bridgehead atoms. The van der Waals surface area contributed by atoms with Gasteiger partial charge in [0, 0.05) is 62.1 Å². The van der Waals surface area contributed by atoms with Gasteiger partial charge in [-0.1, -0.05) is 32.0 Å². The van der Waals surface area contributed by atoms with Crippen molar-refractivity contribution in [3.63, 3.8) is 0 Å². The Bertz CT molecular complexity index is 1450. The van der Waals surface area contributed by atoms with Crippen molar-refractivity contribution in [2.45, 2.75) is 20.1 Å². The molecule has 2 aromatic carbocycles. The van der Waals surface area contributed by atoms with Gasteiger partial charge < -0.3 is 40.0 Å². The minimum atomic E-state index is -1.17. The second kappa shape index (κ2) is 12.5.